The molecule has 0 aliphatic heterocycles. The summed E-state index contributed by atoms with van der Waals surface area (Å²) < 4.78 is 2.84. The molecular formula is C20H48ClN3O7. The van der Waals surface area contributed by atoms with Crippen molar-refractivity contribution >= 4 is 11.9 Å². The lowest BCUT2D eigenvalue weighted by Gasteiger charge is -2.22. The van der Waals surface area contributed by atoms with E-state index < -0.39 is 11.9 Å². The van der Waals surface area contributed by atoms with Crippen molar-refractivity contribution in [2.45, 2.75) is 19.3 Å². The van der Waals surface area contributed by atoms with Crippen LogP contribution in [0, 0.1) is 0 Å². The van der Waals surface area contributed by atoms with Gasteiger partial charge in [-0.1, -0.05) is 0 Å². The Morgan fingerprint density at radius 2 is 0.710 bits per heavy atom. The molecule has 0 aliphatic rings. The quantitative estimate of drug-likeness (QED) is 0.221. The normalized spacial score (nSPS) is 10.7. The first-order valence-corrected chi connectivity index (χ1v) is 9.99. The number of carbonyl (C=O) groups excluding carboxylic acids is 2. The van der Waals surface area contributed by atoms with Gasteiger partial charge in [0.05, 0.1) is 95.0 Å². The van der Waals surface area contributed by atoms with E-state index in [0.717, 1.165) is 52.3 Å². The molecule has 0 bridgehead atoms. The van der Waals surface area contributed by atoms with Gasteiger partial charge < -0.3 is 61.0 Å². The molecule has 0 unspecified atom stereocenters. The zero-order chi connectivity index (χ0) is 25.0. The fourth-order valence-electron chi connectivity index (χ4n) is 1.64. The summed E-state index contributed by atoms with van der Waals surface area (Å²) in [6.45, 7) is 4.10. The number of carbonyl (C=O) groups is 2. The van der Waals surface area contributed by atoms with Crippen molar-refractivity contribution < 1.29 is 61.0 Å². The Hall–Kier alpha value is -1.01. The van der Waals surface area contributed by atoms with E-state index in [1.807, 2.05) is 0 Å². The average Bonchev–Trinajstić information content (AvgIpc) is 2.56. The number of carboxylic acid groups (broad SMARTS) is 2. The average molecular weight is 478 g/mol. The summed E-state index contributed by atoms with van der Waals surface area (Å²) in [5.41, 5.74) is 0. The zero-order valence-corrected chi connectivity index (χ0v) is 21.8. The molecule has 0 aromatic rings. The standard InChI is InChI=1S/3C6H16NO.C2H2O4.ClH/c3*1-7(2,3)5-4-6-8;3-1(4)2(5)6;/h3*8H,4-6H2,1-3H3;(H,3,4)(H,5,6);1H/q3*+1;;/p-3. The number of halogens is 1. The molecule has 10 nitrogen and oxygen atoms in total. The summed E-state index contributed by atoms with van der Waals surface area (Å²) in [7, 11) is 19.1. The number of carboxylic acids is 2. The Morgan fingerprint density at radius 1 is 0.548 bits per heavy atom. The molecule has 0 fully saturated rings. The lowest BCUT2D eigenvalue weighted by molar-refractivity contribution is -0.870. The van der Waals surface area contributed by atoms with Crippen LogP contribution in [0.3, 0.4) is 0 Å². The van der Waals surface area contributed by atoms with Crippen LogP contribution in [-0.2, 0) is 9.59 Å². The van der Waals surface area contributed by atoms with Crippen molar-refractivity contribution in [1.29, 1.82) is 0 Å². The molecule has 11 heteroatoms. The summed E-state index contributed by atoms with van der Waals surface area (Å²) in [5, 5.41) is 43.1. The SMILES string of the molecule is C[N+](C)(C)CCCO.C[N+](C)(C)CCCO.C[N+](C)(C)CCCO.O=C([O-])C(=O)[O-].[Cl-]. The maximum atomic E-state index is 8.93. The molecule has 0 rings (SSSR count). The maximum absolute atomic E-state index is 8.93. The Morgan fingerprint density at radius 3 is 0.742 bits per heavy atom. The van der Waals surface area contributed by atoms with Gasteiger partial charge >= 0.3 is 0 Å². The van der Waals surface area contributed by atoms with Gasteiger partial charge in [0.25, 0.3) is 0 Å². The number of aliphatic carboxylic acids is 2. The lowest BCUT2D eigenvalue weighted by Crippen LogP contribution is -3.00. The van der Waals surface area contributed by atoms with Crippen LogP contribution in [0.2, 0.25) is 0 Å². The fraction of sp³-hybridized carbons (Fsp3) is 0.900. The van der Waals surface area contributed by atoms with Gasteiger partial charge in [-0.2, -0.15) is 0 Å². The molecule has 3 N–H and O–H groups in total. The van der Waals surface area contributed by atoms with Crippen molar-refractivity contribution in [2.24, 2.45) is 0 Å². The fourth-order valence-corrected chi connectivity index (χ4v) is 1.64. The lowest BCUT2D eigenvalue weighted by atomic mass is 10.4. The number of aliphatic hydroxyl groups excluding tert-OH is 3. The van der Waals surface area contributed by atoms with Crippen molar-refractivity contribution in [3.8, 4) is 0 Å². The number of hydrogen-bond donors (Lipinski definition) is 3. The largest absolute Gasteiger partial charge is 1.00 e. The second kappa shape index (κ2) is 22.2. The number of quaternary nitrogens is 3. The van der Waals surface area contributed by atoms with Crippen LogP contribution in [-0.4, -0.2) is 144 Å². The molecule has 0 atom stereocenters. The number of aliphatic hydroxyl groups is 3. The van der Waals surface area contributed by atoms with E-state index in [0.29, 0.717) is 19.8 Å². The number of rotatable bonds is 9. The van der Waals surface area contributed by atoms with E-state index >= 15 is 0 Å². The van der Waals surface area contributed by atoms with E-state index in [1.165, 1.54) is 0 Å². The van der Waals surface area contributed by atoms with Crippen LogP contribution in [0.4, 0.5) is 0 Å². The molecule has 0 aromatic carbocycles. The third-order valence-corrected chi connectivity index (χ3v) is 3.13. The minimum absolute atomic E-state index is 0. The van der Waals surface area contributed by atoms with Crippen LogP contribution < -0.4 is 22.6 Å². The zero-order valence-electron chi connectivity index (χ0n) is 21.1. The summed E-state index contributed by atoms with van der Waals surface area (Å²) >= 11 is 0. The highest BCUT2D eigenvalue weighted by Crippen LogP contribution is 1.92. The Labute approximate surface area is 195 Å². The summed E-state index contributed by atoms with van der Waals surface area (Å²) in [6, 6.07) is 0. The van der Waals surface area contributed by atoms with E-state index in [1.54, 1.807) is 0 Å². The molecule has 0 radical (unpaired) electrons. The Balaban J connectivity index is -0.0000000965. The molecular weight excluding hydrogens is 430 g/mol. The molecule has 31 heavy (non-hydrogen) atoms. The maximum Gasteiger partial charge on any atom is 0.0870 e. The van der Waals surface area contributed by atoms with Crippen LogP contribution in [0.5, 0.6) is 0 Å². The van der Waals surface area contributed by atoms with Gasteiger partial charge in [-0.3, -0.25) is 0 Å². The number of hydrogen-bond acceptors (Lipinski definition) is 7. The monoisotopic (exact) mass is 477 g/mol. The molecule has 0 spiro atoms. The second-order valence-corrected chi connectivity index (χ2v) is 9.85. The second-order valence-electron chi connectivity index (χ2n) is 9.85. The van der Waals surface area contributed by atoms with E-state index in [2.05, 4.69) is 63.4 Å². The predicted molar refractivity (Wildman–Crippen MR) is 114 cm³/mol. The van der Waals surface area contributed by atoms with Crippen LogP contribution in [0.15, 0.2) is 0 Å². The summed E-state index contributed by atoms with van der Waals surface area (Å²) in [4.78, 5) is 17.9. The van der Waals surface area contributed by atoms with Crippen LogP contribution >= 0.6 is 0 Å². The highest BCUT2D eigenvalue weighted by atomic mass is 35.5. The molecule has 0 amide bonds. The van der Waals surface area contributed by atoms with E-state index in [4.69, 9.17) is 35.1 Å². The van der Waals surface area contributed by atoms with Gasteiger partial charge in [0.1, 0.15) is 0 Å². The van der Waals surface area contributed by atoms with Gasteiger partial charge in [-0.25, -0.2) is 0 Å². The molecule has 0 heterocycles. The van der Waals surface area contributed by atoms with E-state index in [9.17, 15) is 0 Å². The first-order chi connectivity index (χ1) is 13.3. The molecule has 0 aromatic heterocycles. The Kier molecular flexibility index (Phi) is 28.9. The summed E-state index contributed by atoms with van der Waals surface area (Å²) in [5.74, 6) is -4.37. The van der Waals surface area contributed by atoms with Gasteiger partial charge in [0.2, 0.25) is 0 Å². The first kappa shape index (κ1) is 40.4. The van der Waals surface area contributed by atoms with Crippen molar-refractivity contribution in [2.75, 3.05) is 103 Å². The van der Waals surface area contributed by atoms with Gasteiger partial charge in [0.15, 0.2) is 0 Å². The molecule has 0 aliphatic carbocycles. The van der Waals surface area contributed by atoms with Gasteiger partial charge in [-0.15, -0.1) is 0 Å². The highest BCUT2D eigenvalue weighted by Gasteiger charge is 2.04. The highest BCUT2D eigenvalue weighted by molar-refractivity contribution is 6.25. The van der Waals surface area contributed by atoms with Gasteiger partial charge in [-0.05, 0) is 0 Å². The minimum atomic E-state index is -2.19. The van der Waals surface area contributed by atoms with Crippen molar-refractivity contribution in [1.82, 2.24) is 0 Å². The van der Waals surface area contributed by atoms with E-state index in [-0.39, 0.29) is 12.4 Å². The number of nitrogens with zero attached hydrogens (tertiary/aromatic N) is 3. The third-order valence-electron chi connectivity index (χ3n) is 3.13. The smallest absolute Gasteiger partial charge is 0.0870 e. The summed E-state index contributed by atoms with van der Waals surface area (Å²) in [6.07, 6.45) is 2.72. The third kappa shape index (κ3) is 65.3. The molecule has 192 valence electrons. The van der Waals surface area contributed by atoms with Crippen molar-refractivity contribution in [3.63, 3.8) is 0 Å². The molecule has 0 saturated heterocycles. The van der Waals surface area contributed by atoms with Crippen LogP contribution in [0.1, 0.15) is 19.3 Å². The topological polar surface area (TPSA) is 141 Å². The van der Waals surface area contributed by atoms with Gasteiger partial charge in [0, 0.05) is 39.1 Å². The Bertz CT molecular complexity index is 364. The minimum Gasteiger partial charge on any atom is -1.00 e. The molecule has 0 saturated carbocycles. The van der Waals surface area contributed by atoms with Crippen LogP contribution in [0.25, 0.3) is 0 Å². The predicted octanol–water partition coefficient (Wildman–Crippen LogP) is -6.28. The van der Waals surface area contributed by atoms with Crippen molar-refractivity contribution in [3.05, 3.63) is 0 Å². The first-order valence-electron chi connectivity index (χ1n) is 9.99.